The highest BCUT2D eigenvalue weighted by Gasteiger charge is 2.19. The van der Waals surface area contributed by atoms with E-state index in [1.165, 1.54) is 6.07 Å². The summed E-state index contributed by atoms with van der Waals surface area (Å²) in [5.41, 5.74) is 1.78. The highest BCUT2D eigenvalue weighted by Crippen LogP contribution is 2.32. The van der Waals surface area contributed by atoms with Crippen LogP contribution in [0.5, 0.6) is 11.5 Å². The fourth-order valence-electron chi connectivity index (χ4n) is 3.78. The molecule has 164 valence electrons. The molecule has 2 heterocycles. The van der Waals surface area contributed by atoms with Crippen LogP contribution in [-0.2, 0) is 0 Å². The lowest BCUT2D eigenvalue weighted by atomic mass is 10.0. The minimum absolute atomic E-state index is 0.0763. The molecule has 7 heteroatoms. The maximum absolute atomic E-state index is 13.3. The lowest BCUT2D eigenvalue weighted by molar-refractivity contribution is 0.0704. The molecule has 0 saturated heterocycles. The van der Waals surface area contributed by atoms with E-state index in [4.69, 9.17) is 18.3 Å². The maximum Gasteiger partial charge on any atom is 0.379 e. The first-order chi connectivity index (χ1) is 15.9. The van der Waals surface area contributed by atoms with E-state index in [-0.39, 0.29) is 16.9 Å². The molecule has 5 rings (SSSR count). The summed E-state index contributed by atoms with van der Waals surface area (Å²) in [6.07, 6.45) is 0. The third kappa shape index (κ3) is 3.81. The Morgan fingerprint density at radius 3 is 2.58 bits per heavy atom. The molecule has 0 aliphatic rings. The number of carbonyl (C=O) groups excluding carboxylic acids is 1. The minimum atomic E-state index is -0.647. The van der Waals surface area contributed by atoms with Gasteiger partial charge in [-0.2, -0.15) is 0 Å². The minimum Gasteiger partial charge on any atom is -0.496 e. The zero-order valence-corrected chi connectivity index (χ0v) is 19.3. The van der Waals surface area contributed by atoms with Crippen LogP contribution in [0.2, 0.25) is 0 Å². The van der Waals surface area contributed by atoms with Crippen molar-refractivity contribution in [3.63, 3.8) is 0 Å². The molecular formula is C26H17BrO6. The molecule has 0 unspecified atom stereocenters. The normalized spacial score (nSPS) is 11.1. The van der Waals surface area contributed by atoms with Gasteiger partial charge in [-0.15, -0.1) is 0 Å². The van der Waals surface area contributed by atoms with Gasteiger partial charge >= 0.3 is 5.97 Å². The summed E-state index contributed by atoms with van der Waals surface area (Å²) in [6, 6.07) is 19.0. The van der Waals surface area contributed by atoms with Crippen LogP contribution in [0.25, 0.3) is 33.1 Å². The zero-order chi connectivity index (χ0) is 23.1. The summed E-state index contributed by atoms with van der Waals surface area (Å²) in [5.74, 6) is 0.680. The van der Waals surface area contributed by atoms with E-state index in [0.29, 0.717) is 39.2 Å². The smallest absolute Gasteiger partial charge is 0.379 e. The molecule has 0 aliphatic heterocycles. The Hall–Kier alpha value is -3.84. The number of methoxy groups -OCH3 is 1. The molecule has 0 radical (unpaired) electrons. The standard InChI is InChI=1S/C26H17BrO6/c1-14-24(18-5-3-4-6-21(18)30-2)25(28)19-9-8-17(13-22(19)31-14)32-26(29)23-12-15-11-16(27)7-10-20(15)33-23/h3-13H,1-2H3. The fourth-order valence-corrected chi connectivity index (χ4v) is 4.16. The number of hydrogen-bond acceptors (Lipinski definition) is 6. The van der Waals surface area contributed by atoms with Gasteiger partial charge in [0.1, 0.15) is 28.4 Å². The Labute approximate surface area is 196 Å². The van der Waals surface area contributed by atoms with Crippen LogP contribution >= 0.6 is 15.9 Å². The second-order valence-electron chi connectivity index (χ2n) is 7.40. The van der Waals surface area contributed by atoms with Gasteiger partial charge < -0.3 is 18.3 Å². The van der Waals surface area contributed by atoms with Crippen molar-refractivity contribution in [3.05, 3.63) is 92.9 Å². The third-order valence-electron chi connectivity index (χ3n) is 5.31. The van der Waals surface area contributed by atoms with Crippen LogP contribution in [-0.4, -0.2) is 13.1 Å². The van der Waals surface area contributed by atoms with E-state index in [1.807, 2.05) is 30.3 Å². The van der Waals surface area contributed by atoms with Crippen molar-refractivity contribution in [1.82, 2.24) is 0 Å². The molecule has 0 fully saturated rings. The lowest BCUT2D eigenvalue weighted by Gasteiger charge is -2.11. The van der Waals surface area contributed by atoms with E-state index >= 15 is 0 Å². The third-order valence-corrected chi connectivity index (χ3v) is 5.80. The van der Waals surface area contributed by atoms with Crippen LogP contribution in [0.1, 0.15) is 16.3 Å². The molecule has 6 nitrogen and oxygen atoms in total. The number of hydrogen-bond donors (Lipinski definition) is 0. The number of esters is 1. The summed E-state index contributed by atoms with van der Waals surface area (Å²) in [5, 5.41) is 1.15. The number of fused-ring (bicyclic) bond motifs is 2. The van der Waals surface area contributed by atoms with Crippen molar-refractivity contribution >= 4 is 43.8 Å². The van der Waals surface area contributed by atoms with E-state index in [0.717, 1.165) is 9.86 Å². The summed E-state index contributed by atoms with van der Waals surface area (Å²) >= 11 is 3.39. The summed E-state index contributed by atoms with van der Waals surface area (Å²) < 4.78 is 23.3. The van der Waals surface area contributed by atoms with Gasteiger partial charge in [-0.05, 0) is 49.4 Å². The largest absolute Gasteiger partial charge is 0.496 e. The molecule has 0 N–H and O–H groups in total. The molecule has 0 bridgehead atoms. The lowest BCUT2D eigenvalue weighted by Crippen LogP contribution is -2.10. The van der Waals surface area contributed by atoms with Gasteiger partial charge in [0.2, 0.25) is 11.2 Å². The molecule has 0 saturated carbocycles. The first kappa shape index (κ1) is 21.0. The second-order valence-corrected chi connectivity index (χ2v) is 8.32. The zero-order valence-electron chi connectivity index (χ0n) is 17.7. The van der Waals surface area contributed by atoms with Gasteiger partial charge in [-0.1, -0.05) is 34.1 Å². The number of furan rings is 1. The van der Waals surface area contributed by atoms with E-state index in [9.17, 15) is 9.59 Å². The number of carbonyl (C=O) groups is 1. The van der Waals surface area contributed by atoms with Crippen molar-refractivity contribution in [2.75, 3.05) is 7.11 Å². The number of aryl methyl sites for hydroxylation is 1. The monoisotopic (exact) mass is 504 g/mol. The van der Waals surface area contributed by atoms with Crippen molar-refractivity contribution < 1.29 is 23.1 Å². The molecule has 0 atom stereocenters. The number of benzene rings is 3. The van der Waals surface area contributed by atoms with E-state index in [2.05, 4.69) is 15.9 Å². The SMILES string of the molecule is COc1ccccc1-c1c(C)oc2cc(OC(=O)c3cc4cc(Br)ccc4o3)ccc2c1=O. The quantitative estimate of drug-likeness (QED) is 0.205. The first-order valence-corrected chi connectivity index (χ1v) is 10.9. The molecular weight excluding hydrogens is 488 g/mol. The molecule has 0 spiro atoms. The molecule has 0 amide bonds. The van der Waals surface area contributed by atoms with Crippen LogP contribution in [0.3, 0.4) is 0 Å². The Morgan fingerprint density at radius 1 is 0.939 bits per heavy atom. The molecule has 0 aliphatic carbocycles. The van der Waals surface area contributed by atoms with Crippen molar-refractivity contribution in [2.24, 2.45) is 0 Å². The average Bonchev–Trinajstić information content (AvgIpc) is 3.22. The predicted octanol–water partition coefficient (Wildman–Crippen LogP) is 6.50. The number of rotatable bonds is 4. The highest BCUT2D eigenvalue weighted by atomic mass is 79.9. The predicted molar refractivity (Wildman–Crippen MR) is 128 cm³/mol. The number of halogens is 1. The molecule has 3 aromatic carbocycles. The van der Waals surface area contributed by atoms with Gasteiger partial charge in [-0.25, -0.2) is 4.79 Å². The van der Waals surface area contributed by atoms with Gasteiger partial charge in [0.25, 0.3) is 0 Å². The van der Waals surface area contributed by atoms with Crippen LogP contribution < -0.4 is 14.9 Å². The van der Waals surface area contributed by atoms with Crippen LogP contribution in [0.4, 0.5) is 0 Å². The first-order valence-electron chi connectivity index (χ1n) is 10.1. The Kier molecular flexibility index (Phi) is 5.26. The van der Waals surface area contributed by atoms with E-state index in [1.54, 1.807) is 44.4 Å². The molecule has 2 aromatic heterocycles. The maximum atomic E-state index is 13.3. The van der Waals surface area contributed by atoms with E-state index < -0.39 is 5.97 Å². The summed E-state index contributed by atoms with van der Waals surface area (Å²) in [6.45, 7) is 1.72. The average molecular weight is 505 g/mol. The summed E-state index contributed by atoms with van der Waals surface area (Å²) in [7, 11) is 1.55. The van der Waals surface area contributed by atoms with Crippen molar-refractivity contribution in [2.45, 2.75) is 6.92 Å². The Bertz CT molecular complexity index is 1590. The summed E-state index contributed by atoms with van der Waals surface area (Å²) in [4.78, 5) is 25.9. The highest BCUT2D eigenvalue weighted by molar-refractivity contribution is 9.10. The Balaban J connectivity index is 1.51. The molecule has 5 aromatic rings. The van der Waals surface area contributed by atoms with Gasteiger partial charge in [0, 0.05) is 21.5 Å². The van der Waals surface area contributed by atoms with Crippen molar-refractivity contribution in [3.8, 4) is 22.6 Å². The molecule has 33 heavy (non-hydrogen) atoms. The second kappa shape index (κ2) is 8.26. The van der Waals surface area contributed by atoms with Crippen LogP contribution in [0.15, 0.2) is 84.8 Å². The van der Waals surface area contributed by atoms with Crippen molar-refractivity contribution in [1.29, 1.82) is 0 Å². The number of para-hydroxylation sites is 1. The van der Waals surface area contributed by atoms with Gasteiger partial charge in [-0.3, -0.25) is 4.79 Å². The fraction of sp³-hybridized carbons (Fsp3) is 0.0769. The van der Waals surface area contributed by atoms with Crippen LogP contribution in [0, 0.1) is 6.92 Å². The number of ether oxygens (including phenoxy) is 2. The van der Waals surface area contributed by atoms with Gasteiger partial charge in [0.05, 0.1) is 18.1 Å². The topological polar surface area (TPSA) is 78.9 Å². The Morgan fingerprint density at radius 2 is 1.76 bits per heavy atom. The van der Waals surface area contributed by atoms with Gasteiger partial charge in [0.15, 0.2) is 0 Å².